The summed E-state index contributed by atoms with van der Waals surface area (Å²) in [5, 5.41) is 3.73. The number of halogens is 3. The van der Waals surface area contributed by atoms with E-state index < -0.39 is 52.1 Å². The van der Waals surface area contributed by atoms with Gasteiger partial charge in [-0.3, -0.25) is 19.4 Å². The molecule has 2 heterocycles. The first-order chi connectivity index (χ1) is 13.6. The summed E-state index contributed by atoms with van der Waals surface area (Å²) in [6.07, 6.45) is -4.53. The SMILES string of the molecule is Cc1ccc(-n2c3c(c(=O)[nH]c2=O)C(NC(=O)C2CC2)(C(F)(F)F)C(=O)N3)cc1. The number of amides is 2. The smallest absolute Gasteiger partial charge is 0.330 e. The van der Waals surface area contributed by atoms with Crippen LogP contribution >= 0.6 is 0 Å². The van der Waals surface area contributed by atoms with E-state index in [-0.39, 0.29) is 5.69 Å². The number of H-pyrrole nitrogens is 1. The minimum atomic E-state index is -5.32. The Balaban J connectivity index is 2.00. The van der Waals surface area contributed by atoms with Crippen LogP contribution in [0.5, 0.6) is 0 Å². The van der Waals surface area contributed by atoms with Crippen LogP contribution in [0.2, 0.25) is 0 Å². The molecule has 2 amide bonds. The lowest BCUT2D eigenvalue weighted by atomic mass is 9.91. The van der Waals surface area contributed by atoms with E-state index in [2.05, 4.69) is 0 Å². The maximum absolute atomic E-state index is 14.1. The van der Waals surface area contributed by atoms with Crippen LogP contribution in [0.1, 0.15) is 24.0 Å². The lowest BCUT2D eigenvalue weighted by Crippen LogP contribution is -2.62. The van der Waals surface area contributed by atoms with Gasteiger partial charge in [0, 0.05) is 5.92 Å². The van der Waals surface area contributed by atoms with Gasteiger partial charge < -0.3 is 10.6 Å². The van der Waals surface area contributed by atoms with Gasteiger partial charge in [0.25, 0.3) is 11.5 Å². The number of rotatable bonds is 3. The zero-order valence-corrected chi connectivity index (χ0v) is 15.0. The van der Waals surface area contributed by atoms with Crippen LogP contribution in [0.3, 0.4) is 0 Å². The fraction of sp³-hybridized carbons (Fsp3) is 0.333. The van der Waals surface area contributed by atoms with E-state index in [9.17, 15) is 32.3 Å². The van der Waals surface area contributed by atoms with E-state index in [1.165, 1.54) is 12.1 Å². The molecule has 1 aromatic carbocycles. The van der Waals surface area contributed by atoms with Crippen molar-refractivity contribution in [2.45, 2.75) is 31.5 Å². The average molecular weight is 408 g/mol. The first-order valence-electron chi connectivity index (χ1n) is 8.73. The van der Waals surface area contributed by atoms with Crippen molar-refractivity contribution in [3.8, 4) is 5.69 Å². The molecule has 8 nitrogen and oxygen atoms in total. The maximum atomic E-state index is 14.1. The van der Waals surface area contributed by atoms with Gasteiger partial charge in [0.15, 0.2) is 0 Å². The number of carbonyl (C=O) groups is 2. The number of anilines is 1. The Morgan fingerprint density at radius 1 is 1.17 bits per heavy atom. The van der Waals surface area contributed by atoms with E-state index in [1.54, 1.807) is 24.4 Å². The van der Waals surface area contributed by atoms with E-state index in [0.29, 0.717) is 12.8 Å². The van der Waals surface area contributed by atoms with E-state index in [4.69, 9.17) is 0 Å². The van der Waals surface area contributed by atoms with E-state index >= 15 is 0 Å². The van der Waals surface area contributed by atoms with E-state index in [0.717, 1.165) is 10.1 Å². The molecular weight excluding hydrogens is 393 g/mol. The number of nitrogens with zero attached hydrogens (tertiary/aromatic N) is 1. The van der Waals surface area contributed by atoms with Crippen LogP contribution in [-0.4, -0.2) is 27.5 Å². The summed E-state index contributed by atoms with van der Waals surface area (Å²) in [6.45, 7) is 1.77. The van der Waals surface area contributed by atoms with Crippen molar-refractivity contribution in [1.82, 2.24) is 14.9 Å². The summed E-state index contributed by atoms with van der Waals surface area (Å²) >= 11 is 0. The second kappa shape index (κ2) is 6.06. The highest BCUT2D eigenvalue weighted by atomic mass is 19.4. The third kappa shape index (κ3) is 2.76. The van der Waals surface area contributed by atoms with Gasteiger partial charge in [0.2, 0.25) is 11.4 Å². The second-order valence-corrected chi connectivity index (χ2v) is 7.12. The van der Waals surface area contributed by atoms with Crippen LogP contribution in [0.25, 0.3) is 5.69 Å². The molecule has 0 spiro atoms. The van der Waals surface area contributed by atoms with Gasteiger partial charge in [-0.1, -0.05) is 17.7 Å². The third-order valence-corrected chi connectivity index (χ3v) is 5.03. The number of aromatic amines is 1. The highest BCUT2D eigenvalue weighted by Gasteiger charge is 2.69. The largest absolute Gasteiger partial charge is 0.425 e. The van der Waals surface area contributed by atoms with Crippen LogP contribution in [0.4, 0.5) is 19.0 Å². The molecule has 3 N–H and O–H groups in total. The first kappa shape index (κ1) is 19.0. The Morgan fingerprint density at radius 2 is 1.79 bits per heavy atom. The molecule has 2 aromatic rings. The number of fused-ring (bicyclic) bond motifs is 1. The maximum Gasteiger partial charge on any atom is 0.425 e. The molecule has 29 heavy (non-hydrogen) atoms. The minimum Gasteiger partial charge on any atom is -0.330 e. The molecule has 1 unspecified atom stereocenters. The van der Waals surface area contributed by atoms with E-state index in [1.807, 2.05) is 10.3 Å². The number of carbonyl (C=O) groups excluding carboxylic acids is 2. The molecule has 11 heteroatoms. The molecule has 1 atom stereocenters. The van der Waals surface area contributed by atoms with Gasteiger partial charge in [-0.25, -0.2) is 9.36 Å². The monoisotopic (exact) mass is 408 g/mol. The molecule has 1 aromatic heterocycles. The summed E-state index contributed by atoms with van der Waals surface area (Å²) in [5.41, 5.74) is -6.11. The molecule has 1 aliphatic carbocycles. The van der Waals surface area contributed by atoms with Gasteiger partial charge >= 0.3 is 11.9 Å². The van der Waals surface area contributed by atoms with Gasteiger partial charge in [-0.05, 0) is 31.9 Å². The van der Waals surface area contributed by atoms with Crippen molar-refractivity contribution in [3.05, 3.63) is 56.2 Å². The minimum absolute atomic E-state index is 0.139. The second-order valence-electron chi connectivity index (χ2n) is 7.12. The highest BCUT2D eigenvalue weighted by Crippen LogP contribution is 2.46. The molecular formula is C18H15F3N4O4. The van der Waals surface area contributed by atoms with Crippen molar-refractivity contribution in [2.75, 3.05) is 5.32 Å². The molecule has 1 saturated carbocycles. The Bertz CT molecular complexity index is 1150. The normalized spacial score (nSPS) is 20.9. The molecule has 1 fully saturated rings. The molecule has 4 rings (SSSR count). The summed E-state index contributed by atoms with van der Waals surface area (Å²) in [5.74, 6) is -3.89. The Morgan fingerprint density at radius 3 is 2.34 bits per heavy atom. The molecule has 0 saturated heterocycles. The van der Waals surface area contributed by atoms with Gasteiger partial charge in [-0.2, -0.15) is 13.2 Å². The average Bonchev–Trinajstić information content (AvgIpc) is 3.41. The Hall–Kier alpha value is -3.37. The number of benzene rings is 1. The molecule has 0 radical (unpaired) electrons. The lowest BCUT2D eigenvalue weighted by molar-refractivity contribution is -0.201. The standard InChI is InChI=1S/C18H15F3N4O4/c1-8-2-6-10(7-3-8)25-12-11(14(27)23-16(25)29)17(15(28)22-12,18(19,20)21)24-13(26)9-4-5-9/h2-3,6-7,9H,4-5H2,1H3,(H,22,28)(H,24,26)(H,23,27,29). The zero-order valence-electron chi connectivity index (χ0n) is 15.0. The van der Waals surface area contributed by atoms with Crippen LogP contribution in [-0.2, 0) is 15.1 Å². The van der Waals surface area contributed by atoms with Crippen molar-refractivity contribution >= 4 is 17.6 Å². The summed E-state index contributed by atoms with van der Waals surface area (Å²) in [4.78, 5) is 51.4. The van der Waals surface area contributed by atoms with Crippen molar-refractivity contribution in [3.63, 3.8) is 0 Å². The molecule has 2 aliphatic rings. The van der Waals surface area contributed by atoms with Crippen molar-refractivity contribution in [1.29, 1.82) is 0 Å². The summed E-state index contributed by atoms with van der Waals surface area (Å²) < 4.78 is 43.2. The topological polar surface area (TPSA) is 113 Å². The number of hydrogen-bond donors (Lipinski definition) is 3. The Kier molecular flexibility index (Phi) is 3.97. The zero-order chi connectivity index (χ0) is 21.1. The summed E-state index contributed by atoms with van der Waals surface area (Å²) in [6, 6.07) is 6.14. The van der Waals surface area contributed by atoms with Gasteiger partial charge in [-0.15, -0.1) is 0 Å². The molecule has 1 aliphatic heterocycles. The first-order valence-corrected chi connectivity index (χ1v) is 8.73. The highest BCUT2D eigenvalue weighted by molar-refractivity contribution is 6.08. The van der Waals surface area contributed by atoms with Crippen LogP contribution in [0, 0.1) is 12.8 Å². The van der Waals surface area contributed by atoms with Gasteiger partial charge in [0.05, 0.1) is 5.69 Å². The number of aromatic nitrogens is 2. The quantitative estimate of drug-likeness (QED) is 0.705. The predicted octanol–water partition coefficient (Wildman–Crippen LogP) is 1.07. The number of hydrogen-bond acceptors (Lipinski definition) is 4. The van der Waals surface area contributed by atoms with Crippen LogP contribution in [0.15, 0.2) is 33.9 Å². The Labute approximate surface area is 160 Å². The molecule has 0 bridgehead atoms. The number of nitrogens with one attached hydrogen (secondary N) is 3. The fourth-order valence-electron chi connectivity index (χ4n) is 3.35. The van der Waals surface area contributed by atoms with Crippen LogP contribution < -0.4 is 21.9 Å². The number of aryl methyl sites for hydroxylation is 1. The molecule has 152 valence electrons. The van der Waals surface area contributed by atoms with Crippen molar-refractivity contribution < 1.29 is 22.8 Å². The lowest BCUT2D eigenvalue weighted by Gasteiger charge is -2.30. The third-order valence-electron chi connectivity index (χ3n) is 5.03. The predicted molar refractivity (Wildman–Crippen MR) is 94.6 cm³/mol. The summed E-state index contributed by atoms with van der Waals surface area (Å²) in [7, 11) is 0. The fourth-order valence-corrected chi connectivity index (χ4v) is 3.35. The number of alkyl halides is 3. The van der Waals surface area contributed by atoms with Crippen molar-refractivity contribution in [2.24, 2.45) is 5.92 Å². The van der Waals surface area contributed by atoms with Gasteiger partial charge in [0.1, 0.15) is 11.4 Å².